The second-order valence-electron chi connectivity index (χ2n) is 9.19. The quantitative estimate of drug-likeness (QED) is 0.559. The molecule has 7 nitrogen and oxygen atoms in total. The molecule has 2 aromatic rings. The van der Waals surface area contributed by atoms with Gasteiger partial charge in [0.05, 0.1) is 0 Å². The van der Waals surface area contributed by atoms with Gasteiger partial charge < -0.3 is 20.1 Å². The Bertz CT molecular complexity index is 907. The van der Waals surface area contributed by atoms with Crippen molar-refractivity contribution in [2.75, 3.05) is 0 Å². The second-order valence-corrected chi connectivity index (χ2v) is 9.19. The molecule has 0 radical (unpaired) electrons. The molecule has 0 saturated heterocycles. The maximum atomic E-state index is 13.1. The SMILES string of the molecule is CC(C)[C@@H](OC(=O)[C@H](Cc1ccccc1)NC(=O)OC(C)(C)C)C(=O)NCc1ccccc1. The molecule has 7 heteroatoms. The lowest BCUT2D eigenvalue weighted by Crippen LogP contribution is -2.49. The first-order chi connectivity index (χ1) is 15.5. The van der Waals surface area contributed by atoms with Crippen molar-refractivity contribution < 1.29 is 23.9 Å². The molecule has 0 spiro atoms. The maximum Gasteiger partial charge on any atom is 0.408 e. The van der Waals surface area contributed by atoms with Gasteiger partial charge in [0.15, 0.2) is 6.10 Å². The summed E-state index contributed by atoms with van der Waals surface area (Å²) in [6, 6.07) is 17.7. The smallest absolute Gasteiger partial charge is 0.408 e. The Morgan fingerprint density at radius 2 is 1.42 bits per heavy atom. The number of carbonyl (C=O) groups excluding carboxylic acids is 3. The molecule has 2 N–H and O–H groups in total. The van der Waals surface area contributed by atoms with Crippen LogP contribution in [0.1, 0.15) is 45.7 Å². The Kier molecular flexibility index (Phi) is 9.45. The minimum absolute atomic E-state index is 0.204. The van der Waals surface area contributed by atoms with Crippen LogP contribution in [0.4, 0.5) is 4.79 Å². The van der Waals surface area contributed by atoms with Gasteiger partial charge in [-0.15, -0.1) is 0 Å². The normalized spacial score (nSPS) is 13.0. The third kappa shape index (κ3) is 9.35. The Balaban J connectivity index is 2.10. The molecule has 33 heavy (non-hydrogen) atoms. The van der Waals surface area contributed by atoms with E-state index in [1.54, 1.807) is 34.6 Å². The van der Waals surface area contributed by atoms with Crippen LogP contribution in [0.2, 0.25) is 0 Å². The van der Waals surface area contributed by atoms with E-state index in [1.807, 2.05) is 60.7 Å². The number of benzene rings is 2. The fourth-order valence-corrected chi connectivity index (χ4v) is 3.08. The van der Waals surface area contributed by atoms with Crippen molar-refractivity contribution in [1.29, 1.82) is 0 Å². The Morgan fingerprint density at radius 1 is 0.879 bits per heavy atom. The Morgan fingerprint density at radius 3 is 1.94 bits per heavy atom. The highest BCUT2D eigenvalue weighted by Crippen LogP contribution is 2.13. The molecule has 0 aliphatic carbocycles. The highest BCUT2D eigenvalue weighted by Gasteiger charge is 2.32. The topological polar surface area (TPSA) is 93.7 Å². The van der Waals surface area contributed by atoms with Crippen LogP contribution in [0, 0.1) is 5.92 Å². The molecular weight excluding hydrogens is 420 g/mol. The molecule has 0 unspecified atom stereocenters. The van der Waals surface area contributed by atoms with Crippen LogP contribution in [0.3, 0.4) is 0 Å². The third-order valence-corrected chi connectivity index (χ3v) is 4.67. The van der Waals surface area contributed by atoms with Crippen molar-refractivity contribution in [2.45, 2.75) is 65.3 Å². The molecule has 0 heterocycles. The molecule has 2 amide bonds. The number of alkyl carbamates (subject to hydrolysis) is 1. The number of ether oxygens (including phenoxy) is 2. The molecule has 2 atom stereocenters. The van der Waals surface area contributed by atoms with Gasteiger partial charge in [0, 0.05) is 13.0 Å². The third-order valence-electron chi connectivity index (χ3n) is 4.67. The summed E-state index contributed by atoms with van der Waals surface area (Å²) in [7, 11) is 0. The molecule has 2 aromatic carbocycles. The molecule has 0 aliphatic heterocycles. The summed E-state index contributed by atoms with van der Waals surface area (Å²) in [5.74, 6) is -1.35. The number of hydrogen-bond donors (Lipinski definition) is 2. The number of esters is 1. The van der Waals surface area contributed by atoms with Crippen molar-refractivity contribution in [3.05, 3.63) is 71.8 Å². The summed E-state index contributed by atoms with van der Waals surface area (Å²) in [4.78, 5) is 38.2. The number of rotatable bonds is 9. The maximum absolute atomic E-state index is 13.1. The van der Waals surface area contributed by atoms with E-state index in [-0.39, 0.29) is 12.3 Å². The van der Waals surface area contributed by atoms with Crippen molar-refractivity contribution in [3.8, 4) is 0 Å². The first kappa shape index (κ1) is 25.9. The Labute approximate surface area is 195 Å². The van der Waals surface area contributed by atoms with E-state index in [1.165, 1.54) is 0 Å². The zero-order chi connectivity index (χ0) is 24.4. The van der Waals surface area contributed by atoms with Gasteiger partial charge in [-0.2, -0.15) is 0 Å². The van der Waals surface area contributed by atoms with Gasteiger partial charge >= 0.3 is 12.1 Å². The fraction of sp³-hybridized carbons (Fsp3) is 0.423. The summed E-state index contributed by atoms with van der Waals surface area (Å²) in [5, 5.41) is 5.41. The van der Waals surface area contributed by atoms with Gasteiger partial charge in [0.2, 0.25) is 0 Å². The van der Waals surface area contributed by atoms with Crippen LogP contribution in [0.25, 0.3) is 0 Å². The summed E-state index contributed by atoms with van der Waals surface area (Å²) in [5.41, 5.74) is 1.06. The average molecular weight is 455 g/mol. The minimum Gasteiger partial charge on any atom is -0.450 e. The van der Waals surface area contributed by atoms with E-state index >= 15 is 0 Å². The van der Waals surface area contributed by atoms with E-state index in [9.17, 15) is 14.4 Å². The van der Waals surface area contributed by atoms with E-state index in [0.717, 1.165) is 11.1 Å². The number of hydrogen-bond acceptors (Lipinski definition) is 5. The van der Waals surface area contributed by atoms with Gasteiger partial charge in [-0.3, -0.25) is 4.79 Å². The van der Waals surface area contributed by atoms with Gasteiger partial charge in [0.1, 0.15) is 11.6 Å². The van der Waals surface area contributed by atoms with E-state index in [2.05, 4.69) is 10.6 Å². The largest absolute Gasteiger partial charge is 0.450 e. The van der Waals surface area contributed by atoms with Crippen LogP contribution in [-0.4, -0.2) is 35.7 Å². The number of carbonyl (C=O) groups is 3. The summed E-state index contributed by atoms with van der Waals surface area (Å²) in [6.07, 6.45) is -1.52. The molecule has 0 saturated carbocycles. The van der Waals surface area contributed by atoms with Crippen LogP contribution >= 0.6 is 0 Å². The lowest BCUT2D eigenvalue weighted by atomic mass is 10.0. The highest BCUT2D eigenvalue weighted by molar-refractivity contribution is 5.87. The van der Waals surface area contributed by atoms with E-state index < -0.39 is 35.7 Å². The minimum atomic E-state index is -1.01. The first-order valence-corrected chi connectivity index (χ1v) is 11.1. The van der Waals surface area contributed by atoms with Crippen molar-refractivity contribution in [1.82, 2.24) is 10.6 Å². The summed E-state index contributed by atoms with van der Waals surface area (Å²) in [6.45, 7) is 9.14. The van der Waals surface area contributed by atoms with E-state index in [4.69, 9.17) is 9.47 Å². The zero-order valence-electron chi connectivity index (χ0n) is 20.0. The van der Waals surface area contributed by atoms with Crippen LogP contribution in [-0.2, 0) is 32.0 Å². The lowest BCUT2D eigenvalue weighted by Gasteiger charge is -2.26. The summed E-state index contributed by atoms with van der Waals surface area (Å²) < 4.78 is 10.9. The Hall–Kier alpha value is -3.35. The molecule has 0 fully saturated rings. The standard InChI is InChI=1S/C26H34N2O5/c1-18(2)22(23(29)27-17-20-14-10-7-11-15-20)32-24(30)21(16-19-12-8-6-9-13-19)28-25(31)33-26(3,4)5/h6-15,18,21-22H,16-17H2,1-5H3,(H,27,29)(H,28,31)/t21-,22+/m0/s1. The van der Waals surface area contributed by atoms with Gasteiger partial charge in [-0.25, -0.2) is 9.59 Å². The summed E-state index contributed by atoms with van der Waals surface area (Å²) >= 11 is 0. The molecule has 178 valence electrons. The first-order valence-electron chi connectivity index (χ1n) is 11.1. The lowest BCUT2D eigenvalue weighted by molar-refractivity contribution is -0.160. The molecule has 0 aliphatic rings. The van der Waals surface area contributed by atoms with E-state index in [0.29, 0.717) is 6.54 Å². The van der Waals surface area contributed by atoms with Gasteiger partial charge in [0.25, 0.3) is 5.91 Å². The van der Waals surface area contributed by atoms with Gasteiger partial charge in [-0.05, 0) is 37.8 Å². The molecule has 0 aromatic heterocycles. The predicted molar refractivity (Wildman–Crippen MR) is 126 cm³/mol. The van der Waals surface area contributed by atoms with Crippen molar-refractivity contribution in [2.24, 2.45) is 5.92 Å². The van der Waals surface area contributed by atoms with Crippen LogP contribution in [0.15, 0.2) is 60.7 Å². The van der Waals surface area contributed by atoms with Gasteiger partial charge in [-0.1, -0.05) is 74.5 Å². The zero-order valence-corrected chi connectivity index (χ0v) is 20.0. The average Bonchev–Trinajstić information content (AvgIpc) is 2.75. The van der Waals surface area contributed by atoms with Crippen LogP contribution in [0.5, 0.6) is 0 Å². The molecular formula is C26H34N2O5. The van der Waals surface area contributed by atoms with Crippen LogP contribution < -0.4 is 10.6 Å². The fourth-order valence-electron chi connectivity index (χ4n) is 3.08. The van der Waals surface area contributed by atoms with Crippen molar-refractivity contribution >= 4 is 18.0 Å². The number of amides is 2. The van der Waals surface area contributed by atoms with Crippen molar-refractivity contribution in [3.63, 3.8) is 0 Å². The number of nitrogens with one attached hydrogen (secondary N) is 2. The predicted octanol–water partition coefficient (Wildman–Crippen LogP) is 4.01. The molecule has 0 bridgehead atoms. The second kappa shape index (κ2) is 12.0. The highest BCUT2D eigenvalue weighted by atomic mass is 16.6. The molecule has 2 rings (SSSR count). The monoisotopic (exact) mass is 454 g/mol.